The van der Waals surface area contributed by atoms with Gasteiger partial charge in [0.2, 0.25) is 5.43 Å². The van der Waals surface area contributed by atoms with E-state index in [0.717, 1.165) is 4.47 Å². The van der Waals surface area contributed by atoms with Gasteiger partial charge in [-0.2, -0.15) is 0 Å². The van der Waals surface area contributed by atoms with Gasteiger partial charge in [0, 0.05) is 22.3 Å². The monoisotopic (exact) mass is 387 g/mol. The Morgan fingerprint density at radius 3 is 2.46 bits per heavy atom. The molecule has 0 bridgehead atoms. The van der Waals surface area contributed by atoms with Crippen molar-refractivity contribution in [2.24, 2.45) is 0 Å². The third-order valence-electron chi connectivity index (χ3n) is 3.72. The van der Waals surface area contributed by atoms with Crippen LogP contribution in [0.15, 0.2) is 51.9 Å². The van der Waals surface area contributed by atoms with Crippen molar-refractivity contribution in [3.05, 3.63) is 68.4 Å². The van der Waals surface area contributed by atoms with E-state index < -0.39 is 0 Å². The number of ketones is 1. The minimum atomic E-state index is -0.352. The molecule has 3 aromatic rings. The lowest BCUT2D eigenvalue weighted by Gasteiger charge is -2.09. The van der Waals surface area contributed by atoms with Gasteiger partial charge in [-0.1, -0.05) is 28.1 Å². The number of H-pyrrole nitrogens is 1. The first-order valence-corrected chi connectivity index (χ1v) is 7.92. The van der Waals surface area contributed by atoms with Crippen LogP contribution in [-0.4, -0.2) is 25.0 Å². The number of hydrogen-bond donors (Lipinski definition) is 1. The number of fused-ring (bicyclic) bond motifs is 1. The van der Waals surface area contributed by atoms with Gasteiger partial charge in [0.25, 0.3) is 0 Å². The lowest BCUT2D eigenvalue weighted by atomic mass is 10.0. The number of carbonyl (C=O) groups is 1. The summed E-state index contributed by atoms with van der Waals surface area (Å²) in [5, 5.41) is 0.369. The highest BCUT2D eigenvalue weighted by molar-refractivity contribution is 9.10. The molecule has 0 aliphatic rings. The molecule has 1 aromatic heterocycles. The normalized spacial score (nSPS) is 10.6. The molecular weight excluding hydrogens is 374 g/mol. The van der Waals surface area contributed by atoms with Crippen molar-refractivity contribution in [3.63, 3.8) is 0 Å². The van der Waals surface area contributed by atoms with Crippen LogP contribution in [-0.2, 0) is 0 Å². The molecule has 0 amide bonds. The predicted octanol–water partition coefficient (Wildman–Crippen LogP) is 3.54. The third kappa shape index (κ3) is 2.80. The summed E-state index contributed by atoms with van der Waals surface area (Å²) in [7, 11) is 3.02. The molecule has 0 aliphatic heterocycles. The zero-order valence-corrected chi connectivity index (χ0v) is 14.6. The Labute approximate surface area is 146 Å². The first-order chi connectivity index (χ1) is 11.5. The van der Waals surface area contributed by atoms with Gasteiger partial charge in [-0.05, 0) is 18.2 Å². The molecule has 5 nitrogen and oxygen atoms in total. The van der Waals surface area contributed by atoms with Crippen LogP contribution in [0, 0.1) is 0 Å². The fourth-order valence-electron chi connectivity index (χ4n) is 2.50. The number of aromatic nitrogens is 1. The minimum Gasteiger partial charge on any atom is -0.493 e. The molecule has 24 heavy (non-hydrogen) atoms. The number of benzene rings is 2. The van der Waals surface area contributed by atoms with Gasteiger partial charge in [0.1, 0.15) is 0 Å². The summed E-state index contributed by atoms with van der Waals surface area (Å²) >= 11 is 3.33. The molecule has 0 spiro atoms. The highest BCUT2D eigenvalue weighted by atomic mass is 79.9. The molecule has 0 fully saturated rings. The number of pyridine rings is 1. The molecule has 122 valence electrons. The van der Waals surface area contributed by atoms with Gasteiger partial charge < -0.3 is 14.5 Å². The smallest absolute Gasteiger partial charge is 0.200 e. The zero-order chi connectivity index (χ0) is 17.3. The maximum atomic E-state index is 12.7. The molecule has 0 saturated heterocycles. The van der Waals surface area contributed by atoms with Crippen molar-refractivity contribution >= 4 is 32.6 Å². The Hall–Kier alpha value is -2.60. The average Bonchev–Trinajstić information content (AvgIpc) is 2.60. The van der Waals surface area contributed by atoms with Crippen molar-refractivity contribution in [1.82, 2.24) is 4.98 Å². The van der Waals surface area contributed by atoms with Gasteiger partial charge in [0.15, 0.2) is 17.3 Å². The number of rotatable bonds is 4. The minimum absolute atomic E-state index is 0.0767. The lowest BCUT2D eigenvalue weighted by Crippen LogP contribution is -2.17. The van der Waals surface area contributed by atoms with E-state index in [0.29, 0.717) is 28.0 Å². The first kappa shape index (κ1) is 16.3. The average molecular weight is 388 g/mol. The van der Waals surface area contributed by atoms with Crippen LogP contribution in [0.25, 0.3) is 10.9 Å². The van der Waals surface area contributed by atoms with Gasteiger partial charge in [-0.25, -0.2) is 0 Å². The van der Waals surface area contributed by atoms with E-state index in [2.05, 4.69) is 20.9 Å². The van der Waals surface area contributed by atoms with Crippen molar-refractivity contribution in [2.75, 3.05) is 14.2 Å². The molecule has 0 aliphatic carbocycles. The van der Waals surface area contributed by atoms with Crippen LogP contribution in [0.1, 0.15) is 15.9 Å². The van der Waals surface area contributed by atoms with Crippen LogP contribution >= 0.6 is 15.9 Å². The summed E-state index contributed by atoms with van der Waals surface area (Å²) in [6.07, 6.45) is 1.43. The second-order valence-electron chi connectivity index (χ2n) is 5.12. The summed E-state index contributed by atoms with van der Waals surface area (Å²) < 4.78 is 11.2. The van der Waals surface area contributed by atoms with E-state index in [-0.39, 0.29) is 16.8 Å². The molecular formula is C18H14BrNO4. The Balaban J connectivity index is 2.18. The van der Waals surface area contributed by atoms with Crippen LogP contribution in [0.4, 0.5) is 0 Å². The Bertz CT molecular complexity index is 994. The summed E-state index contributed by atoms with van der Waals surface area (Å²) in [5.74, 6) is 0.600. The highest BCUT2D eigenvalue weighted by Crippen LogP contribution is 2.30. The molecule has 0 radical (unpaired) electrons. The lowest BCUT2D eigenvalue weighted by molar-refractivity contribution is 0.103. The van der Waals surface area contributed by atoms with Crippen LogP contribution < -0.4 is 14.9 Å². The third-order valence-corrected chi connectivity index (χ3v) is 4.21. The molecule has 0 unspecified atom stereocenters. The predicted molar refractivity (Wildman–Crippen MR) is 95.2 cm³/mol. The molecule has 3 rings (SSSR count). The van der Waals surface area contributed by atoms with Gasteiger partial charge in [-0.3, -0.25) is 9.59 Å². The van der Waals surface area contributed by atoms with Gasteiger partial charge in [-0.15, -0.1) is 0 Å². The number of ether oxygens (including phenoxy) is 2. The van der Waals surface area contributed by atoms with E-state index in [1.807, 2.05) is 6.07 Å². The zero-order valence-electron chi connectivity index (χ0n) is 13.1. The summed E-state index contributed by atoms with van der Waals surface area (Å²) in [6, 6.07) is 10.2. The molecule has 2 aromatic carbocycles. The van der Waals surface area contributed by atoms with Gasteiger partial charge >= 0.3 is 0 Å². The second-order valence-corrected chi connectivity index (χ2v) is 6.04. The Morgan fingerprint density at radius 1 is 1.08 bits per heavy atom. The van der Waals surface area contributed by atoms with Crippen molar-refractivity contribution < 1.29 is 14.3 Å². The van der Waals surface area contributed by atoms with Gasteiger partial charge in [0.05, 0.1) is 30.7 Å². The fourth-order valence-corrected chi connectivity index (χ4v) is 2.90. The maximum Gasteiger partial charge on any atom is 0.200 e. The molecule has 1 heterocycles. The van der Waals surface area contributed by atoms with E-state index in [4.69, 9.17) is 9.47 Å². The van der Waals surface area contributed by atoms with Crippen LogP contribution in [0.5, 0.6) is 11.5 Å². The SMILES string of the molecule is COc1cc2[nH]cc(C(=O)c3cccc(Br)c3)c(=O)c2cc1OC. The van der Waals surface area contributed by atoms with E-state index in [1.54, 1.807) is 30.3 Å². The summed E-state index contributed by atoms with van der Waals surface area (Å²) in [6.45, 7) is 0. The van der Waals surface area contributed by atoms with Crippen LogP contribution in [0.2, 0.25) is 0 Å². The molecule has 0 saturated carbocycles. The van der Waals surface area contributed by atoms with E-state index in [9.17, 15) is 9.59 Å². The second kappa shape index (κ2) is 6.49. The fraction of sp³-hybridized carbons (Fsp3) is 0.111. The number of methoxy groups -OCH3 is 2. The van der Waals surface area contributed by atoms with Crippen molar-refractivity contribution in [3.8, 4) is 11.5 Å². The number of nitrogens with one attached hydrogen (secondary N) is 1. The summed E-state index contributed by atoms with van der Waals surface area (Å²) in [5.41, 5.74) is 0.737. The van der Waals surface area contributed by atoms with Crippen molar-refractivity contribution in [1.29, 1.82) is 0 Å². The number of hydrogen-bond acceptors (Lipinski definition) is 4. The standard InChI is InChI=1S/C18H14BrNO4/c1-23-15-7-12-14(8-16(15)24-2)20-9-13(18(12)22)17(21)10-4-3-5-11(19)6-10/h3-9H,1-2H3,(H,20,22). The number of carbonyl (C=O) groups excluding carboxylic acids is 1. The largest absolute Gasteiger partial charge is 0.493 e. The first-order valence-electron chi connectivity index (χ1n) is 7.13. The van der Waals surface area contributed by atoms with E-state index in [1.165, 1.54) is 20.4 Å². The van der Waals surface area contributed by atoms with Crippen molar-refractivity contribution in [2.45, 2.75) is 0 Å². The Kier molecular flexibility index (Phi) is 4.40. The highest BCUT2D eigenvalue weighted by Gasteiger charge is 2.17. The van der Waals surface area contributed by atoms with Crippen LogP contribution in [0.3, 0.4) is 0 Å². The molecule has 1 N–H and O–H groups in total. The summed E-state index contributed by atoms with van der Waals surface area (Å²) in [4.78, 5) is 28.4. The molecule has 6 heteroatoms. The number of aromatic amines is 1. The topological polar surface area (TPSA) is 68.4 Å². The Morgan fingerprint density at radius 2 is 1.79 bits per heavy atom. The quantitative estimate of drug-likeness (QED) is 0.695. The maximum absolute atomic E-state index is 12.7. The van der Waals surface area contributed by atoms with E-state index >= 15 is 0 Å². The molecule has 0 atom stereocenters. The number of halogens is 1.